The van der Waals surface area contributed by atoms with Gasteiger partial charge in [-0.2, -0.15) is 0 Å². The zero-order chi connectivity index (χ0) is 19.8. The first kappa shape index (κ1) is 19.3. The van der Waals surface area contributed by atoms with Crippen LogP contribution in [0.2, 0.25) is 0 Å². The summed E-state index contributed by atoms with van der Waals surface area (Å²) in [7, 11) is 0. The minimum atomic E-state index is -0.279. The maximum absolute atomic E-state index is 12.5. The van der Waals surface area contributed by atoms with Crippen molar-refractivity contribution in [2.75, 3.05) is 28.6 Å². The molecule has 0 aliphatic heterocycles. The number of nitrogens with zero attached hydrogens (tertiary/aromatic N) is 4. The minimum Gasteiger partial charge on any atom is -0.372 e. The third kappa shape index (κ3) is 5.03. The Morgan fingerprint density at radius 2 is 1.79 bits per heavy atom. The first-order valence-electron chi connectivity index (χ1n) is 9.31. The Balaban J connectivity index is 1.62. The van der Waals surface area contributed by atoms with Gasteiger partial charge in [0.2, 0.25) is 0 Å². The van der Waals surface area contributed by atoms with E-state index in [-0.39, 0.29) is 5.91 Å². The van der Waals surface area contributed by atoms with Crippen molar-refractivity contribution in [1.29, 1.82) is 0 Å². The molecule has 1 aromatic carbocycles. The van der Waals surface area contributed by atoms with Crippen LogP contribution < -0.4 is 15.5 Å². The number of carbonyl (C=O) groups excluding carboxylic acids is 1. The SMILES string of the molecule is CCN(CC)c1ccc(NC(=O)c2cc(NCc3ccccn3)ncn2)cc1. The fraction of sp³-hybridized carbons (Fsp3) is 0.238. The second kappa shape index (κ2) is 9.45. The fourth-order valence-electron chi connectivity index (χ4n) is 2.80. The van der Waals surface area contributed by atoms with E-state index in [4.69, 9.17) is 0 Å². The summed E-state index contributed by atoms with van der Waals surface area (Å²) in [5.41, 5.74) is 3.04. The van der Waals surface area contributed by atoms with Crippen molar-refractivity contribution in [3.05, 3.63) is 72.4 Å². The first-order chi connectivity index (χ1) is 13.7. The van der Waals surface area contributed by atoms with Crippen LogP contribution in [0.5, 0.6) is 0 Å². The largest absolute Gasteiger partial charge is 0.372 e. The molecule has 7 heteroatoms. The second-order valence-corrected chi connectivity index (χ2v) is 6.14. The molecular formula is C21H24N6O. The van der Waals surface area contributed by atoms with E-state index in [1.165, 1.54) is 6.33 Å². The Morgan fingerprint density at radius 1 is 1.00 bits per heavy atom. The number of hydrogen-bond donors (Lipinski definition) is 2. The van der Waals surface area contributed by atoms with E-state index in [2.05, 4.69) is 44.3 Å². The van der Waals surface area contributed by atoms with Gasteiger partial charge in [-0.1, -0.05) is 6.07 Å². The normalized spacial score (nSPS) is 10.4. The maximum atomic E-state index is 12.5. The van der Waals surface area contributed by atoms with Crippen LogP contribution in [0.3, 0.4) is 0 Å². The highest BCUT2D eigenvalue weighted by Gasteiger charge is 2.10. The van der Waals surface area contributed by atoms with Gasteiger partial charge < -0.3 is 15.5 Å². The van der Waals surface area contributed by atoms with E-state index in [0.29, 0.717) is 18.1 Å². The van der Waals surface area contributed by atoms with Gasteiger partial charge in [-0.15, -0.1) is 0 Å². The number of hydrogen-bond acceptors (Lipinski definition) is 6. The number of benzene rings is 1. The lowest BCUT2D eigenvalue weighted by Gasteiger charge is -2.21. The predicted molar refractivity (Wildman–Crippen MR) is 112 cm³/mol. The van der Waals surface area contributed by atoms with Gasteiger partial charge in [0.15, 0.2) is 0 Å². The van der Waals surface area contributed by atoms with Gasteiger partial charge in [0, 0.05) is 36.7 Å². The summed E-state index contributed by atoms with van der Waals surface area (Å²) in [6, 6.07) is 15.1. The molecule has 0 aliphatic carbocycles. The number of pyridine rings is 1. The monoisotopic (exact) mass is 376 g/mol. The molecule has 0 bridgehead atoms. The molecule has 0 saturated heterocycles. The highest BCUT2D eigenvalue weighted by molar-refractivity contribution is 6.03. The van der Waals surface area contributed by atoms with E-state index >= 15 is 0 Å². The number of anilines is 3. The van der Waals surface area contributed by atoms with Crippen LogP contribution in [0.15, 0.2) is 61.1 Å². The van der Waals surface area contributed by atoms with E-state index in [9.17, 15) is 4.79 Å². The molecule has 0 saturated carbocycles. The summed E-state index contributed by atoms with van der Waals surface area (Å²) in [5, 5.41) is 6.03. The Kier molecular flexibility index (Phi) is 6.51. The summed E-state index contributed by atoms with van der Waals surface area (Å²) in [4.78, 5) is 27.2. The lowest BCUT2D eigenvalue weighted by molar-refractivity contribution is 0.102. The lowest BCUT2D eigenvalue weighted by atomic mass is 10.2. The van der Waals surface area contributed by atoms with Gasteiger partial charge in [0.1, 0.15) is 17.8 Å². The number of aromatic nitrogens is 3. The zero-order valence-corrected chi connectivity index (χ0v) is 16.1. The fourth-order valence-corrected chi connectivity index (χ4v) is 2.80. The van der Waals surface area contributed by atoms with Gasteiger partial charge in [-0.3, -0.25) is 9.78 Å². The van der Waals surface area contributed by atoms with Gasteiger partial charge in [0.25, 0.3) is 5.91 Å². The van der Waals surface area contributed by atoms with Gasteiger partial charge in [-0.25, -0.2) is 9.97 Å². The molecule has 0 unspecified atom stereocenters. The maximum Gasteiger partial charge on any atom is 0.274 e. The lowest BCUT2D eigenvalue weighted by Crippen LogP contribution is -2.21. The van der Waals surface area contributed by atoms with Crippen molar-refractivity contribution < 1.29 is 4.79 Å². The molecule has 28 heavy (non-hydrogen) atoms. The highest BCUT2D eigenvalue weighted by atomic mass is 16.1. The molecule has 0 spiro atoms. The van der Waals surface area contributed by atoms with Gasteiger partial charge in [-0.05, 0) is 50.2 Å². The summed E-state index contributed by atoms with van der Waals surface area (Å²) < 4.78 is 0. The van der Waals surface area contributed by atoms with Crippen molar-refractivity contribution in [1.82, 2.24) is 15.0 Å². The number of amides is 1. The second-order valence-electron chi connectivity index (χ2n) is 6.14. The van der Waals surface area contributed by atoms with Crippen molar-refractivity contribution in [3.8, 4) is 0 Å². The highest BCUT2D eigenvalue weighted by Crippen LogP contribution is 2.18. The summed E-state index contributed by atoms with van der Waals surface area (Å²) in [6.07, 6.45) is 3.11. The third-order valence-electron chi connectivity index (χ3n) is 4.33. The minimum absolute atomic E-state index is 0.279. The average Bonchev–Trinajstić information content (AvgIpc) is 2.75. The van der Waals surface area contributed by atoms with Gasteiger partial charge in [0.05, 0.1) is 12.2 Å². The summed E-state index contributed by atoms with van der Waals surface area (Å²) in [6.45, 7) is 6.64. The molecule has 0 atom stereocenters. The van der Waals surface area contributed by atoms with E-state index < -0.39 is 0 Å². The molecule has 2 aromatic heterocycles. The summed E-state index contributed by atoms with van der Waals surface area (Å²) >= 11 is 0. The van der Waals surface area contributed by atoms with Crippen LogP contribution in [0, 0.1) is 0 Å². The smallest absolute Gasteiger partial charge is 0.274 e. The Morgan fingerprint density at radius 3 is 2.46 bits per heavy atom. The predicted octanol–water partition coefficient (Wildman–Crippen LogP) is 3.58. The van der Waals surface area contributed by atoms with Crippen LogP contribution in [0.4, 0.5) is 17.2 Å². The van der Waals surface area contributed by atoms with Crippen LogP contribution in [0.25, 0.3) is 0 Å². The molecule has 2 N–H and O–H groups in total. The first-order valence-corrected chi connectivity index (χ1v) is 9.31. The number of rotatable bonds is 8. The van der Waals surface area contributed by atoms with E-state index in [1.54, 1.807) is 12.3 Å². The standard InChI is InChI=1S/C21H24N6O/c1-3-27(4-2)18-10-8-16(9-11-18)26-21(28)19-13-20(25-15-24-19)23-14-17-7-5-6-12-22-17/h5-13,15H,3-4,14H2,1-2H3,(H,26,28)(H,23,24,25). The Labute approximate surface area is 164 Å². The molecule has 2 heterocycles. The van der Waals surface area contributed by atoms with E-state index in [1.807, 2.05) is 42.5 Å². The molecule has 0 fully saturated rings. The van der Waals surface area contributed by atoms with Crippen molar-refractivity contribution in [3.63, 3.8) is 0 Å². The van der Waals surface area contributed by atoms with Crippen molar-refractivity contribution >= 4 is 23.1 Å². The van der Waals surface area contributed by atoms with Crippen LogP contribution in [0.1, 0.15) is 30.0 Å². The third-order valence-corrected chi connectivity index (χ3v) is 4.33. The number of carbonyl (C=O) groups is 1. The topological polar surface area (TPSA) is 83.0 Å². The Hall–Kier alpha value is -3.48. The van der Waals surface area contributed by atoms with Gasteiger partial charge >= 0.3 is 0 Å². The molecule has 144 valence electrons. The van der Waals surface area contributed by atoms with Crippen LogP contribution in [-0.4, -0.2) is 33.9 Å². The molecule has 0 radical (unpaired) electrons. The molecule has 3 rings (SSSR count). The molecular weight excluding hydrogens is 352 g/mol. The average molecular weight is 376 g/mol. The molecule has 7 nitrogen and oxygen atoms in total. The molecule has 1 amide bonds. The molecule has 3 aromatic rings. The quantitative estimate of drug-likeness (QED) is 0.625. The van der Waals surface area contributed by atoms with Crippen LogP contribution >= 0.6 is 0 Å². The number of nitrogens with one attached hydrogen (secondary N) is 2. The zero-order valence-electron chi connectivity index (χ0n) is 16.1. The Bertz CT molecular complexity index is 894. The van der Waals surface area contributed by atoms with Crippen LogP contribution in [-0.2, 0) is 6.54 Å². The van der Waals surface area contributed by atoms with Crippen molar-refractivity contribution in [2.45, 2.75) is 20.4 Å². The van der Waals surface area contributed by atoms with Crippen molar-refractivity contribution in [2.24, 2.45) is 0 Å². The van der Waals surface area contributed by atoms with E-state index in [0.717, 1.165) is 30.2 Å². The summed E-state index contributed by atoms with van der Waals surface area (Å²) in [5.74, 6) is 0.293. The molecule has 0 aliphatic rings.